The van der Waals surface area contributed by atoms with Gasteiger partial charge in [-0.05, 0) is 13.3 Å². The molecule has 0 bridgehead atoms. The van der Waals surface area contributed by atoms with Crippen LogP contribution in [0.3, 0.4) is 0 Å². The highest BCUT2D eigenvalue weighted by Crippen LogP contribution is 2.63. The van der Waals surface area contributed by atoms with Crippen LogP contribution in [-0.2, 0) is 4.79 Å². The molecule has 1 saturated carbocycles. The van der Waals surface area contributed by atoms with Crippen molar-refractivity contribution in [3.05, 3.63) is 18.6 Å². The van der Waals surface area contributed by atoms with Crippen LogP contribution in [0.15, 0.2) is 18.6 Å². The second kappa shape index (κ2) is 4.90. The topological polar surface area (TPSA) is 66.9 Å². The predicted molar refractivity (Wildman–Crippen MR) is 70.7 cm³/mol. The first-order chi connectivity index (χ1) is 8.46. The molecule has 1 aliphatic carbocycles. The number of carbonyl (C=O) groups is 1. The van der Waals surface area contributed by atoms with Crippen LogP contribution in [0, 0.1) is 5.41 Å². The number of alkyl halides is 2. The average Bonchev–Trinajstić information content (AvgIpc) is 2.87. The van der Waals surface area contributed by atoms with E-state index in [4.69, 9.17) is 23.2 Å². The van der Waals surface area contributed by atoms with Crippen LogP contribution in [0.25, 0.3) is 0 Å². The third-order valence-corrected chi connectivity index (χ3v) is 4.14. The lowest BCUT2D eigenvalue weighted by Gasteiger charge is -2.12. The van der Waals surface area contributed by atoms with Crippen molar-refractivity contribution < 1.29 is 4.79 Å². The highest BCUT2D eigenvalue weighted by Gasteiger charge is 2.67. The number of anilines is 1. The van der Waals surface area contributed by atoms with Gasteiger partial charge in [0, 0.05) is 25.5 Å². The summed E-state index contributed by atoms with van der Waals surface area (Å²) in [4.78, 5) is 19.8. The van der Waals surface area contributed by atoms with Gasteiger partial charge in [0.1, 0.15) is 10.2 Å². The normalized spacial score (nSPS) is 24.4. The largest absolute Gasteiger partial charge is 0.367 e. The fourth-order valence-electron chi connectivity index (χ4n) is 1.60. The number of rotatable bonds is 5. The minimum atomic E-state index is -0.921. The first-order valence-corrected chi connectivity index (χ1v) is 6.37. The van der Waals surface area contributed by atoms with Gasteiger partial charge in [-0.25, -0.2) is 4.98 Å². The third kappa shape index (κ3) is 2.67. The second-order valence-electron chi connectivity index (χ2n) is 4.49. The summed E-state index contributed by atoms with van der Waals surface area (Å²) in [5, 5.41) is 5.83. The maximum atomic E-state index is 11.8. The van der Waals surface area contributed by atoms with Gasteiger partial charge >= 0.3 is 0 Å². The molecule has 0 spiro atoms. The van der Waals surface area contributed by atoms with Gasteiger partial charge in [0.15, 0.2) is 0 Å². The number of amides is 1. The molecule has 0 saturated heterocycles. The zero-order chi connectivity index (χ0) is 13.2. The van der Waals surface area contributed by atoms with Crippen molar-refractivity contribution in [2.45, 2.75) is 17.7 Å². The molecule has 1 amide bonds. The molecule has 1 atom stereocenters. The van der Waals surface area contributed by atoms with Gasteiger partial charge in [-0.2, -0.15) is 0 Å². The maximum absolute atomic E-state index is 11.8. The maximum Gasteiger partial charge on any atom is 0.229 e. The number of nitrogens with zero attached hydrogens (tertiary/aromatic N) is 2. The number of halogens is 2. The molecule has 5 nitrogen and oxygen atoms in total. The summed E-state index contributed by atoms with van der Waals surface area (Å²) in [6.07, 6.45) is 5.31. The van der Waals surface area contributed by atoms with Crippen LogP contribution < -0.4 is 10.6 Å². The lowest BCUT2D eigenvalue weighted by molar-refractivity contribution is -0.125. The van der Waals surface area contributed by atoms with E-state index in [1.165, 1.54) is 0 Å². The Morgan fingerprint density at radius 1 is 1.44 bits per heavy atom. The molecule has 1 aromatic rings. The zero-order valence-electron chi connectivity index (χ0n) is 9.91. The summed E-state index contributed by atoms with van der Waals surface area (Å²) in [5.74, 6) is 0.557. The van der Waals surface area contributed by atoms with Crippen molar-refractivity contribution in [1.82, 2.24) is 15.3 Å². The van der Waals surface area contributed by atoms with Gasteiger partial charge in [-0.3, -0.25) is 9.78 Å². The molecule has 2 N–H and O–H groups in total. The quantitative estimate of drug-likeness (QED) is 0.638. The van der Waals surface area contributed by atoms with Gasteiger partial charge in [0.2, 0.25) is 5.91 Å². The van der Waals surface area contributed by atoms with E-state index in [9.17, 15) is 4.79 Å². The average molecular weight is 289 g/mol. The first kappa shape index (κ1) is 13.4. The van der Waals surface area contributed by atoms with E-state index in [1.807, 2.05) is 0 Å². The van der Waals surface area contributed by atoms with Crippen LogP contribution in [0.2, 0.25) is 0 Å². The molecule has 1 fully saturated rings. The van der Waals surface area contributed by atoms with Crippen molar-refractivity contribution in [2.75, 3.05) is 18.4 Å². The fourth-order valence-corrected chi connectivity index (χ4v) is 2.30. The number of carbonyl (C=O) groups excluding carboxylic acids is 1. The van der Waals surface area contributed by atoms with Gasteiger partial charge in [0.05, 0.1) is 11.6 Å². The van der Waals surface area contributed by atoms with Crippen LogP contribution in [-0.4, -0.2) is 33.3 Å². The Labute approximate surface area is 115 Å². The molecule has 18 heavy (non-hydrogen) atoms. The first-order valence-electron chi connectivity index (χ1n) is 5.62. The van der Waals surface area contributed by atoms with Crippen molar-refractivity contribution in [1.29, 1.82) is 0 Å². The van der Waals surface area contributed by atoms with Gasteiger partial charge < -0.3 is 10.6 Å². The summed E-state index contributed by atoms with van der Waals surface area (Å²) in [6, 6.07) is 0. The van der Waals surface area contributed by atoms with Gasteiger partial charge in [-0.15, -0.1) is 23.2 Å². The minimum absolute atomic E-state index is 0.117. The standard InChI is InChI=1S/C11H14Cl2N4O/c1-10(7-11(10,12)13)9(18)17-5-4-16-8-6-14-2-3-15-8/h2-3,6H,4-5,7H2,1H3,(H,15,16)(H,17,18)/t10-/m0/s1. The monoisotopic (exact) mass is 288 g/mol. The summed E-state index contributed by atoms with van der Waals surface area (Å²) < 4.78 is -0.921. The van der Waals surface area contributed by atoms with Crippen molar-refractivity contribution in [2.24, 2.45) is 5.41 Å². The molecular formula is C11H14Cl2N4O. The van der Waals surface area contributed by atoms with E-state index < -0.39 is 9.75 Å². The molecule has 0 unspecified atom stereocenters. The third-order valence-electron chi connectivity index (χ3n) is 3.04. The molecule has 0 aliphatic heterocycles. The number of nitrogens with one attached hydrogen (secondary N) is 2. The smallest absolute Gasteiger partial charge is 0.229 e. The van der Waals surface area contributed by atoms with E-state index in [1.54, 1.807) is 25.5 Å². The Morgan fingerprint density at radius 2 is 2.17 bits per heavy atom. The Hall–Kier alpha value is -1.07. The molecular weight excluding hydrogens is 275 g/mol. The number of hydrogen-bond donors (Lipinski definition) is 2. The molecule has 2 rings (SSSR count). The van der Waals surface area contributed by atoms with E-state index in [0.717, 1.165) is 0 Å². The van der Waals surface area contributed by atoms with Crippen molar-refractivity contribution >= 4 is 34.9 Å². The van der Waals surface area contributed by atoms with Gasteiger partial charge in [0.25, 0.3) is 0 Å². The van der Waals surface area contributed by atoms with E-state index in [2.05, 4.69) is 20.6 Å². The fraction of sp³-hybridized carbons (Fsp3) is 0.545. The number of hydrogen-bond acceptors (Lipinski definition) is 4. The summed E-state index contributed by atoms with van der Waals surface area (Å²) >= 11 is 11.8. The lowest BCUT2D eigenvalue weighted by Crippen LogP contribution is -2.36. The van der Waals surface area contributed by atoms with Crippen molar-refractivity contribution in [3.63, 3.8) is 0 Å². The summed E-state index contributed by atoms with van der Waals surface area (Å²) in [7, 11) is 0. The zero-order valence-corrected chi connectivity index (χ0v) is 11.4. The SMILES string of the molecule is C[C@@]1(C(=O)NCCNc2cnccn2)CC1(Cl)Cl. The molecule has 1 aromatic heterocycles. The van der Waals surface area contributed by atoms with Crippen LogP contribution in [0.4, 0.5) is 5.82 Å². The number of aromatic nitrogens is 2. The highest BCUT2D eigenvalue weighted by molar-refractivity contribution is 6.53. The Morgan fingerprint density at radius 3 is 2.72 bits per heavy atom. The minimum Gasteiger partial charge on any atom is -0.367 e. The molecule has 0 radical (unpaired) electrons. The van der Waals surface area contributed by atoms with Crippen molar-refractivity contribution in [3.8, 4) is 0 Å². The molecule has 1 aliphatic rings. The van der Waals surface area contributed by atoms with Gasteiger partial charge in [-0.1, -0.05) is 0 Å². The van der Waals surface area contributed by atoms with E-state index in [-0.39, 0.29) is 5.91 Å². The Bertz CT molecular complexity index is 440. The Balaban J connectivity index is 1.69. The lowest BCUT2D eigenvalue weighted by atomic mass is 10.1. The molecule has 1 heterocycles. The van der Waals surface area contributed by atoms with E-state index >= 15 is 0 Å². The van der Waals surface area contributed by atoms with E-state index in [0.29, 0.717) is 25.3 Å². The molecule has 7 heteroatoms. The predicted octanol–water partition coefficient (Wildman–Crippen LogP) is 1.59. The summed E-state index contributed by atoms with van der Waals surface area (Å²) in [6.45, 7) is 2.81. The molecule has 98 valence electrons. The van der Waals surface area contributed by atoms with Crippen LogP contribution >= 0.6 is 23.2 Å². The second-order valence-corrected chi connectivity index (χ2v) is 5.97. The highest BCUT2D eigenvalue weighted by atomic mass is 35.5. The van der Waals surface area contributed by atoms with Crippen LogP contribution in [0.5, 0.6) is 0 Å². The Kier molecular flexibility index (Phi) is 3.64. The summed E-state index contributed by atoms with van der Waals surface area (Å²) in [5.41, 5.74) is -0.664. The molecule has 0 aromatic carbocycles. The van der Waals surface area contributed by atoms with Crippen LogP contribution in [0.1, 0.15) is 13.3 Å².